The first-order chi connectivity index (χ1) is 8.15. The third-order valence-corrected chi connectivity index (χ3v) is 3.63. The van der Waals surface area contributed by atoms with E-state index in [9.17, 15) is 5.11 Å². The van der Waals surface area contributed by atoms with Gasteiger partial charge in [0.05, 0.1) is 0 Å². The molecule has 2 rings (SSSR count). The molecule has 3 N–H and O–H groups in total. The van der Waals surface area contributed by atoms with E-state index in [-0.39, 0.29) is 6.04 Å². The molecule has 0 bridgehead atoms. The lowest BCUT2D eigenvalue weighted by Gasteiger charge is -2.34. The second kappa shape index (κ2) is 5.52. The van der Waals surface area contributed by atoms with Crippen LogP contribution < -0.4 is 5.73 Å². The summed E-state index contributed by atoms with van der Waals surface area (Å²) in [5, 5.41) is 9.25. The van der Waals surface area contributed by atoms with Crippen LogP contribution in [0.2, 0.25) is 0 Å². The summed E-state index contributed by atoms with van der Waals surface area (Å²) in [6.07, 6.45) is 2.49. The first-order valence-corrected chi connectivity index (χ1v) is 6.41. The fourth-order valence-electron chi connectivity index (χ4n) is 2.52. The summed E-state index contributed by atoms with van der Waals surface area (Å²) < 4.78 is 0. The molecule has 1 aromatic rings. The fourth-order valence-corrected chi connectivity index (χ4v) is 2.52. The highest BCUT2D eigenvalue weighted by Crippen LogP contribution is 2.21. The van der Waals surface area contributed by atoms with Crippen LogP contribution in [0.1, 0.15) is 25.3 Å². The SMILES string of the molecule is CC(N)C1CCCN(Cc2ccc(O)cc2)C1. The number of hydrogen-bond donors (Lipinski definition) is 2. The minimum Gasteiger partial charge on any atom is -0.508 e. The van der Waals surface area contributed by atoms with Crippen LogP contribution in [0.15, 0.2) is 24.3 Å². The number of aromatic hydroxyl groups is 1. The maximum Gasteiger partial charge on any atom is 0.115 e. The Morgan fingerprint density at radius 3 is 2.76 bits per heavy atom. The number of piperidine rings is 1. The quantitative estimate of drug-likeness (QED) is 0.840. The normalized spacial score (nSPS) is 23.5. The molecule has 1 aliphatic rings. The van der Waals surface area contributed by atoms with Gasteiger partial charge in [0.2, 0.25) is 0 Å². The van der Waals surface area contributed by atoms with Crippen molar-refractivity contribution in [3.63, 3.8) is 0 Å². The van der Waals surface area contributed by atoms with Crippen molar-refractivity contribution >= 4 is 0 Å². The van der Waals surface area contributed by atoms with E-state index >= 15 is 0 Å². The Balaban J connectivity index is 1.92. The first-order valence-electron chi connectivity index (χ1n) is 6.41. The fraction of sp³-hybridized carbons (Fsp3) is 0.571. The molecule has 1 aromatic carbocycles. The van der Waals surface area contributed by atoms with E-state index in [0.29, 0.717) is 11.7 Å². The Hall–Kier alpha value is -1.06. The lowest BCUT2D eigenvalue weighted by Crippen LogP contribution is -2.41. The highest BCUT2D eigenvalue weighted by molar-refractivity contribution is 5.25. The van der Waals surface area contributed by atoms with Gasteiger partial charge in [-0.25, -0.2) is 0 Å². The van der Waals surface area contributed by atoms with Gasteiger partial charge in [-0.15, -0.1) is 0 Å². The molecule has 3 nitrogen and oxygen atoms in total. The number of phenols is 1. The van der Waals surface area contributed by atoms with Gasteiger partial charge in [0.15, 0.2) is 0 Å². The largest absolute Gasteiger partial charge is 0.508 e. The number of hydrogen-bond acceptors (Lipinski definition) is 3. The van der Waals surface area contributed by atoms with Gasteiger partial charge in [0, 0.05) is 19.1 Å². The van der Waals surface area contributed by atoms with Crippen LogP contribution in [0.25, 0.3) is 0 Å². The Labute approximate surface area is 103 Å². The average molecular weight is 234 g/mol. The molecule has 0 spiro atoms. The number of nitrogens with zero attached hydrogens (tertiary/aromatic N) is 1. The van der Waals surface area contributed by atoms with Crippen molar-refractivity contribution in [2.24, 2.45) is 11.7 Å². The molecule has 0 saturated carbocycles. The number of nitrogens with two attached hydrogens (primary N) is 1. The second-order valence-electron chi connectivity index (χ2n) is 5.16. The number of rotatable bonds is 3. The molecule has 2 atom stereocenters. The molecule has 0 radical (unpaired) electrons. The zero-order valence-electron chi connectivity index (χ0n) is 10.5. The van der Waals surface area contributed by atoms with E-state index in [1.54, 1.807) is 12.1 Å². The smallest absolute Gasteiger partial charge is 0.115 e. The zero-order chi connectivity index (χ0) is 12.3. The van der Waals surface area contributed by atoms with Crippen LogP contribution in [0.5, 0.6) is 5.75 Å². The molecule has 2 unspecified atom stereocenters. The molecule has 0 amide bonds. The number of benzene rings is 1. The third kappa shape index (κ3) is 3.45. The van der Waals surface area contributed by atoms with E-state index in [0.717, 1.165) is 19.6 Å². The summed E-state index contributed by atoms with van der Waals surface area (Å²) in [7, 11) is 0. The lowest BCUT2D eigenvalue weighted by atomic mass is 9.92. The van der Waals surface area contributed by atoms with Crippen LogP contribution in [-0.4, -0.2) is 29.1 Å². The molecular formula is C14H22N2O. The van der Waals surface area contributed by atoms with Crippen LogP contribution >= 0.6 is 0 Å². The van der Waals surface area contributed by atoms with E-state index in [2.05, 4.69) is 11.8 Å². The first kappa shape index (κ1) is 12.4. The topological polar surface area (TPSA) is 49.5 Å². The predicted molar refractivity (Wildman–Crippen MR) is 69.8 cm³/mol. The van der Waals surface area contributed by atoms with E-state index in [1.807, 2.05) is 12.1 Å². The Kier molecular flexibility index (Phi) is 4.02. The molecule has 0 aliphatic carbocycles. The Morgan fingerprint density at radius 1 is 1.41 bits per heavy atom. The zero-order valence-corrected chi connectivity index (χ0v) is 10.5. The van der Waals surface area contributed by atoms with Gasteiger partial charge in [-0.05, 0) is 49.9 Å². The number of likely N-dealkylation sites (tertiary alicyclic amines) is 1. The molecular weight excluding hydrogens is 212 g/mol. The van der Waals surface area contributed by atoms with Crippen molar-refractivity contribution in [1.29, 1.82) is 0 Å². The van der Waals surface area contributed by atoms with Gasteiger partial charge in [-0.2, -0.15) is 0 Å². The molecule has 1 fully saturated rings. The van der Waals surface area contributed by atoms with Gasteiger partial charge in [-0.1, -0.05) is 12.1 Å². The molecule has 3 heteroatoms. The number of phenolic OH excluding ortho intramolecular Hbond substituents is 1. The lowest BCUT2D eigenvalue weighted by molar-refractivity contribution is 0.154. The van der Waals surface area contributed by atoms with Crippen molar-refractivity contribution in [1.82, 2.24) is 4.90 Å². The average Bonchev–Trinajstić information content (AvgIpc) is 2.32. The molecule has 1 heterocycles. The van der Waals surface area contributed by atoms with E-state index < -0.39 is 0 Å². The minimum absolute atomic E-state index is 0.289. The van der Waals surface area contributed by atoms with Crippen molar-refractivity contribution in [3.05, 3.63) is 29.8 Å². The van der Waals surface area contributed by atoms with E-state index in [4.69, 9.17) is 5.73 Å². The molecule has 94 valence electrons. The highest BCUT2D eigenvalue weighted by Gasteiger charge is 2.22. The van der Waals surface area contributed by atoms with Crippen LogP contribution in [-0.2, 0) is 6.54 Å². The van der Waals surface area contributed by atoms with Crippen molar-refractivity contribution < 1.29 is 5.11 Å². The second-order valence-corrected chi connectivity index (χ2v) is 5.16. The minimum atomic E-state index is 0.289. The van der Waals surface area contributed by atoms with Crippen LogP contribution in [0.4, 0.5) is 0 Å². The summed E-state index contributed by atoms with van der Waals surface area (Å²) >= 11 is 0. The molecule has 17 heavy (non-hydrogen) atoms. The van der Waals surface area contributed by atoms with Gasteiger partial charge >= 0.3 is 0 Å². The summed E-state index contributed by atoms with van der Waals surface area (Å²) in [4.78, 5) is 2.46. The van der Waals surface area contributed by atoms with Gasteiger partial charge in [0.1, 0.15) is 5.75 Å². The van der Waals surface area contributed by atoms with Crippen molar-refractivity contribution in [2.45, 2.75) is 32.4 Å². The Bertz CT molecular complexity index is 348. The van der Waals surface area contributed by atoms with Crippen LogP contribution in [0.3, 0.4) is 0 Å². The molecule has 1 saturated heterocycles. The Morgan fingerprint density at radius 2 is 2.12 bits per heavy atom. The standard InChI is InChI=1S/C14H22N2O/c1-11(15)13-3-2-8-16(10-13)9-12-4-6-14(17)7-5-12/h4-7,11,13,17H,2-3,8-10,15H2,1H3. The van der Waals surface area contributed by atoms with Gasteiger partial charge in [-0.3, -0.25) is 4.90 Å². The summed E-state index contributed by atoms with van der Waals surface area (Å²) in [5.41, 5.74) is 7.24. The summed E-state index contributed by atoms with van der Waals surface area (Å²) in [5.74, 6) is 0.960. The van der Waals surface area contributed by atoms with Gasteiger partial charge < -0.3 is 10.8 Å². The van der Waals surface area contributed by atoms with Crippen molar-refractivity contribution in [2.75, 3.05) is 13.1 Å². The molecule has 1 aliphatic heterocycles. The highest BCUT2D eigenvalue weighted by atomic mass is 16.3. The van der Waals surface area contributed by atoms with Gasteiger partial charge in [0.25, 0.3) is 0 Å². The predicted octanol–water partition coefficient (Wildman–Crippen LogP) is 1.95. The van der Waals surface area contributed by atoms with E-state index in [1.165, 1.54) is 18.4 Å². The van der Waals surface area contributed by atoms with Crippen LogP contribution in [0, 0.1) is 5.92 Å². The molecule has 0 aromatic heterocycles. The third-order valence-electron chi connectivity index (χ3n) is 3.63. The summed E-state index contributed by atoms with van der Waals surface area (Å²) in [6, 6.07) is 7.78. The maximum atomic E-state index is 9.25. The monoisotopic (exact) mass is 234 g/mol. The van der Waals surface area contributed by atoms with Crippen molar-refractivity contribution in [3.8, 4) is 5.75 Å². The maximum absolute atomic E-state index is 9.25. The summed E-state index contributed by atoms with van der Waals surface area (Å²) in [6.45, 7) is 5.32.